The minimum absolute atomic E-state index is 0.0421. The van der Waals surface area contributed by atoms with Crippen molar-refractivity contribution in [3.8, 4) is 0 Å². The van der Waals surface area contributed by atoms with E-state index in [1.54, 1.807) is 0 Å². The summed E-state index contributed by atoms with van der Waals surface area (Å²) < 4.78 is 5.40. The lowest BCUT2D eigenvalue weighted by Gasteiger charge is -2.26. The van der Waals surface area contributed by atoms with E-state index in [1.807, 2.05) is 0 Å². The summed E-state index contributed by atoms with van der Waals surface area (Å²) in [4.78, 5) is 18.7. The fraction of sp³-hybridized carbons (Fsp3) is 0.800. The fourth-order valence-corrected chi connectivity index (χ4v) is 3.00. The lowest BCUT2D eigenvalue weighted by atomic mass is 9.96. The van der Waals surface area contributed by atoms with Crippen LogP contribution >= 0.6 is 0 Å². The first-order chi connectivity index (χ1) is 10.6. The molecule has 1 aliphatic rings. The number of nitrogens with zero attached hydrogens (tertiary/aromatic N) is 3. The van der Waals surface area contributed by atoms with E-state index in [1.165, 1.54) is 0 Å². The Morgan fingerprint density at radius 1 is 1.36 bits per heavy atom. The van der Waals surface area contributed by atoms with Crippen LogP contribution in [0.15, 0.2) is 4.52 Å². The molecule has 0 atom stereocenters. The van der Waals surface area contributed by atoms with E-state index in [0.29, 0.717) is 31.2 Å². The van der Waals surface area contributed by atoms with Gasteiger partial charge in [0.25, 0.3) is 0 Å². The van der Waals surface area contributed by atoms with Crippen LogP contribution in [0, 0.1) is 0 Å². The molecule has 0 aromatic carbocycles. The molecule has 0 unspecified atom stereocenters. The number of carbonyl (C=O) groups is 1. The van der Waals surface area contributed by atoms with Gasteiger partial charge in [-0.1, -0.05) is 31.8 Å². The van der Waals surface area contributed by atoms with Crippen LogP contribution in [0.3, 0.4) is 0 Å². The number of nitrogens with one attached hydrogen (secondary N) is 1. The van der Waals surface area contributed by atoms with E-state index in [4.69, 9.17) is 10.3 Å². The number of nitrogens with two attached hydrogens (primary N) is 1. The fourth-order valence-electron chi connectivity index (χ4n) is 3.00. The molecule has 2 rings (SSSR count). The second-order valence-electron chi connectivity index (χ2n) is 5.85. The third-order valence-electron chi connectivity index (χ3n) is 4.36. The predicted octanol–water partition coefficient (Wildman–Crippen LogP) is 1.15. The molecule has 0 spiro atoms. The van der Waals surface area contributed by atoms with Crippen molar-refractivity contribution in [1.29, 1.82) is 0 Å². The first-order valence-corrected chi connectivity index (χ1v) is 8.20. The standard InChI is InChI=1S/C15H27N5O2/c1-3-20(4-2)11-13-17-14(19-22-13)15(8-5-6-9-15)18-12(21)7-10-16/h3-11,16H2,1-2H3,(H,18,21). The molecular formula is C15H27N5O2. The van der Waals surface area contributed by atoms with E-state index >= 15 is 0 Å². The topological polar surface area (TPSA) is 97.3 Å². The molecule has 0 aliphatic heterocycles. The average molecular weight is 309 g/mol. The molecule has 124 valence electrons. The number of rotatable bonds is 8. The lowest BCUT2D eigenvalue weighted by Crippen LogP contribution is -2.45. The second kappa shape index (κ2) is 7.69. The Hall–Kier alpha value is -1.47. The normalized spacial score (nSPS) is 17.1. The number of hydrogen-bond donors (Lipinski definition) is 2. The van der Waals surface area contributed by atoms with Crippen molar-refractivity contribution in [2.24, 2.45) is 5.73 Å². The van der Waals surface area contributed by atoms with E-state index in [0.717, 1.165) is 38.8 Å². The zero-order valence-corrected chi connectivity index (χ0v) is 13.6. The first kappa shape index (κ1) is 16.9. The zero-order chi connectivity index (χ0) is 16.0. The summed E-state index contributed by atoms with van der Waals surface area (Å²) in [5.41, 5.74) is 4.98. The molecule has 22 heavy (non-hydrogen) atoms. The Kier molecular flexibility index (Phi) is 5.90. The van der Waals surface area contributed by atoms with Gasteiger partial charge in [-0.3, -0.25) is 9.69 Å². The summed E-state index contributed by atoms with van der Waals surface area (Å²) in [6.45, 7) is 7.08. The maximum Gasteiger partial charge on any atom is 0.240 e. The summed E-state index contributed by atoms with van der Waals surface area (Å²) in [5, 5.41) is 7.23. The Bertz CT molecular complexity index is 478. The van der Waals surface area contributed by atoms with Crippen LogP contribution in [-0.2, 0) is 16.9 Å². The van der Waals surface area contributed by atoms with Gasteiger partial charge in [-0.2, -0.15) is 4.98 Å². The molecule has 7 nitrogen and oxygen atoms in total. The Balaban J connectivity index is 2.12. The third kappa shape index (κ3) is 3.84. The van der Waals surface area contributed by atoms with Crippen LogP contribution in [0.4, 0.5) is 0 Å². The van der Waals surface area contributed by atoms with Gasteiger partial charge in [0, 0.05) is 13.0 Å². The van der Waals surface area contributed by atoms with Gasteiger partial charge < -0.3 is 15.6 Å². The average Bonchev–Trinajstić information content (AvgIpc) is 3.15. The Morgan fingerprint density at radius 3 is 2.64 bits per heavy atom. The van der Waals surface area contributed by atoms with Gasteiger partial charge in [-0.05, 0) is 25.9 Å². The van der Waals surface area contributed by atoms with Gasteiger partial charge in [0.05, 0.1) is 6.54 Å². The highest BCUT2D eigenvalue weighted by Gasteiger charge is 2.41. The molecule has 0 bridgehead atoms. The van der Waals surface area contributed by atoms with Crippen LogP contribution < -0.4 is 11.1 Å². The van der Waals surface area contributed by atoms with E-state index in [-0.39, 0.29) is 5.91 Å². The smallest absolute Gasteiger partial charge is 0.240 e. The number of amides is 1. The monoisotopic (exact) mass is 309 g/mol. The summed E-state index contributed by atoms with van der Waals surface area (Å²) in [6, 6.07) is 0. The van der Waals surface area contributed by atoms with Crippen LogP contribution in [0.5, 0.6) is 0 Å². The van der Waals surface area contributed by atoms with Gasteiger partial charge >= 0.3 is 0 Å². The highest BCUT2D eigenvalue weighted by Crippen LogP contribution is 2.37. The van der Waals surface area contributed by atoms with Crippen molar-refractivity contribution in [3.05, 3.63) is 11.7 Å². The quantitative estimate of drug-likeness (QED) is 0.747. The second-order valence-corrected chi connectivity index (χ2v) is 5.85. The molecule has 7 heteroatoms. The molecule has 1 aromatic rings. The van der Waals surface area contributed by atoms with Crippen molar-refractivity contribution >= 4 is 5.91 Å². The van der Waals surface area contributed by atoms with Gasteiger partial charge in [0.1, 0.15) is 5.54 Å². The van der Waals surface area contributed by atoms with E-state index < -0.39 is 5.54 Å². The maximum absolute atomic E-state index is 12.0. The summed E-state index contributed by atoms with van der Waals surface area (Å²) in [6.07, 6.45) is 4.15. The summed E-state index contributed by atoms with van der Waals surface area (Å²) in [5.74, 6) is 1.18. The number of hydrogen-bond acceptors (Lipinski definition) is 6. The van der Waals surface area contributed by atoms with Crippen molar-refractivity contribution in [2.45, 2.75) is 58.0 Å². The molecule has 1 aliphatic carbocycles. The molecule has 1 aromatic heterocycles. The van der Waals surface area contributed by atoms with Crippen LogP contribution in [-0.4, -0.2) is 40.6 Å². The molecule has 3 N–H and O–H groups in total. The van der Waals surface area contributed by atoms with E-state index in [9.17, 15) is 4.79 Å². The summed E-state index contributed by atoms with van der Waals surface area (Å²) in [7, 11) is 0. The maximum atomic E-state index is 12.0. The van der Waals surface area contributed by atoms with Crippen LogP contribution in [0.1, 0.15) is 57.7 Å². The molecular weight excluding hydrogens is 282 g/mol. The largest absolute Gasteiger partial charge is 0.343 e. The third-order valence-corrected chi connectivity index (χ3v) is 4.36. The van der Waals surface area contributed by atoms with Crippen molar-refractivity contribution in [3.63, 3.8) is 0 Å². The number of aromatic nitrogens is 2. The molecule has 1 heterocycles. The van der Waals surface area contributed by atoms with Crippen molar-refractivity contribution in [2.75, 3.05) is 19.6 Å². The van der Waals surface area contributed by atoms with Gasteiger partial charge in [-0.15, -0.1) is 0 Å². The highest BCUT2D eigenvalue weighted by atomic mass is 16.5. The Morgan fingerprint density at radius 2 is 2.05 bits per heavy atom. The predicted molar refractivity (Wildman–Crippen MR) is 82.9 cm³/mol. The molecule has 1 saturated carbocycles. The first-order valence-electron chi connectivity index (χ1n) is 8.20. The van der Waals surface area contributed by atoms with Gasteiger partial charge in [0.15, 0.2) is 5.82 Å². The molecule has 1 amide bonds. The van der Waals surface area contributed by atoms with Crippen LogP contribution in [0.2, 0.25) is 0 Å². The summed E-state index contributed by atoms with van der Waals surface area (Å²) >= 11 is 0. The van der Waals surface area contributed by atoms with Crippen molar-refractivity contribution < 1.29 is 9.32 Å². The molecule has 0 radical (unpaired) electrons. The minimum atomic E-state index is -0.475. The Labute approximate surface area is 131 Å². The molecule has 0 saturated heterocycles. The van der Waals surface area contributed by atoms with Crippen molar-refractivity contribution in [1.82, 2.24) is 20.4 Å². The number of carbonyl (C=O) groups excluding carboxylic acids is 1. The van der Waals surface area contributed by atoms with E-state index in [2.05, 4.69) is 34.2 Å². The minimum Gasteiger partial charge on any atom is -0.343 e. The van der Waals surface area contributed by atoms with Gasteiger partial charge in [-0.25, -0.2) is 0 Å². The zero-order valence-electron chi connectivity index (χ0n) is 13.6. The SMILES string of the molecule is CCN(CC)Cc1nc(C2(NC(=O)CCN)CCCC2)no1. The van der Waals surface area contributed by atoms with Gasteiger partial charge in [0.2, 0.25) is 11.8 Å². The highest BCUT2D eigenvalue weighted by molar-refractivity contribution is 5.77. The lowest BCUT2D eigenvalue weighted by molar-refractivity contribution is -0.123. The van der Waals surface area contributed by atoms with Crippen LogP contribution in [0.25, 0.3) is 0 Å². The molecule has 1 fully saturated rings.